The highest BCUT2D eigenvalue weighted by Crippen LogP contribution is 2.48. The van der Waals surface area contributed by atoms with Gasteiger partial charge in [-0.05, 0) is 42.5 Å². The van der Waals surface area contributed by atoms with Crippen molar-refractivity contribution >= 4 is 9.84 Å². The third-order valence-corrected chi connectivity index (χ3v) is 7.12. The summed E-state index contributed by atoms with van der Waals surface area (Å²) in [6.07, 6.45) is 2.33. The third kappa shape index (κ3) is 5.51. The molecule has 1 saturated heterocycles. The van der Waals surface area contributed by atoms with Crippen molar-refractivity contribution in [1.29, 1.82) is 0 Å². The van der Waals surface area contributed by atoms with Crippen molar-refractivity contribution in [3.8, 4) is 5.75 Å². The van der Waals surface area contributed by atoms with Gasteiger partial charge in [-0.2, -0.15) is 0 Å². The van der Waals surface area contributed by atoms with E-state index in [0.717, 1.165) is 32.5 Å². The van der Waals surface area contributed by atoms with Gasteiger partial charge in [0.05, 0.1) is 30.2 Å². The molecule has 1 aliphatic carbocycles. The summed E-state index contributed by atoms with van der Waals surface area (Å²) >= 11 is 0. The van der Waals surface area contributed by atoms with Crippen LogP contribution in [0.5, 0.6) is 5.75 Å². The Labute approximate surface area is 160 Å². The van der Waals surface area contributed by atoms with Gasteiger partial charge in [-0.3, -0.25) is 4.90 Å². The van der Waals surface area contributed by atoms with Gasteiger partial charge < -0.3 is 15.2 Å². The second-order valence-electron chi connectivity index (χ2n) is 7.38. The van der Waals surface area contributed by atoms with E-state index in [2.05, 4.69) is 4.90 Å². The van der Waals surface area contributed by atoms with Gasteiger partial charge in [0.15, 0.2) is 9.84 Å². The van der Waals surface area contributed by atoms with Gasteiger partial charge in [0.25, 0.3) is 0 Å². The Morgan fingerprint density at radius 1 is 1.26 bits per heavy atom. The first kappa shape index (κ1) is 20.3. The fourth-order valence-electron chi connectivity index (χ4n) is 3.30. The summed E-state index contributed by atoms with van der Waals surface area (Å²) in [4.78, 5) is 2.60. The lowest BCUT2D eigenvalue weighted by atomic mass is 10.1. The number of benzene rings is 1. The van der Waals surface area contributed by atoms with Crippen molar-refractivity contribution in [2.75, 3.05) is 51.8 Å². The summed E-state index contributed by atoms with van der Waals surface area (Å²) in [5.41, 5.74) is 5.59. The van der Waals surface area contributed by atoms with E-state index in [1.165, 1.54) is 0 Å². The van der Waals surface area contributed by atoms with Crippen LogP contribution in [0.25, 0.3) is 0 Å². The zero-order chi connectivity index (χ0) is 19.3. The summed E-state index contributed by atoms with van der Waals surface area (Å²) in [6.45, 7) is 4.10. The molecule has 0 bridgehead atoms. The number of hydrogen-bond acceptors (Lipinski definition) is 6. The molecule has 0 atom stereocenters. The van der Waals surface area contributed by atoms with Crippen LogP contribution < -0.4 is 10.5 Å². The van der Waals surface area contributed by atoms with E-state index in [9.17, 15) is 12.8 Å². The number of hydrogen-bond donors (Lipinski definition) is 1. The fourth-order valence-corrected chi connectivity index (χ4v) is 5.20. The van der Waals surface area contributed by atoms with E-state index < -0.39 is 9.84 Å². The highest BCUT2D eigenvalue weighted by atomic mass is 32.2. The molecule has 6 nitrogen and oxygen atoms in total. The monoisotopic (exact) mass is 398 g/mol. The van der Waals surface area contributed by atoms with Gasteiger partial charge in [0.1, 0.15) is 12.4 Å². The molecule has 150 valence electrons. The minimum Gasteiger partial charge on any atom is -0.489 e. The Bertz CT molecular complexity index is 754. The van der Waals surface area contributed by atoms with Crippen molar-refractivity contribution in [3.05, 3.63) is 36.2 Å². The highest BCUT2D eigenvalue weighted by Gasteiger charge is 2.47. The van der Waals surface area contributed by atoms with Gasteiger partial charge in [0.2, 0.25) is 0 Å². The second-order valence-corrected chi connectivity index (χ2v) is 9.37. The molecule has 2 N–H and O–H groups in total. The standard InChI is InChI=1S/C19H27FN2O4S/c20-11-16(12-21)13-26-17-1-3-18(4-2-17)27(23,24)15-19(5-6-19)14-22-7-9-25-10-8-22/h1-4,11H,5-10,12-15,21H2/b16-11+. The van der Waals surface area contributed by atoms with E-state index in [4.69, 9.17) is 15.2 Å². The molecule has 0 unspecified atom stereocenters. The molecular weight excluding hydrogens is 371 g/mol. The van der Waals surface area contributed by atoms with E-state index in [1.54, 1.807) is 24.3 Å². The molecule has 0 radical (unpaired) electrons. The molecule has 2 aliphatic rings. The van der Waals surface area contributed by atoms with Crippen molar-refractivity contribution in [2.24, 2.45) is 11.1 Å². The minimum absolute atomic E-state index is 0.0434. The molecule has 0 aromatic heterocycles. The molecule has 0 spiro atoms. The topological polar surface area (TPSA) is 81.9 Å². The first-order valence-corrected chi connectivity index (χ1v) is 10.9. The first-order chi connectivity index (χ1) is 13.0. The number of nitrogens with zero attached hydrogens (tertiary/aromatic N) is 1. The highest BCUT2D eigenvalue weighted by molar-refractivity contribution is 7.91. The number of nitrogens with two attached hydrogens (primary N) is 1. The molecule has 1 aromatic carbocycles. The Balaban J connectivity index is 1.59. The summed E-state index contributed by atoms with van der Waals surface area (Å²) in [5.74, 6) is 0.649. The Hall–Kier alpha value is -1.48. The second kappa shape index (κ2) is 8.68. The van der Waals surface area contributed by atoms with Gasteiger partial charge in [-0.25, -0.2) is 12.8 Å². The third-order valence-electron chi connectivity index (χ3n) is 5.14. The normalized spacial score (nSPS) is 20.4. The maximum Gasteiger partial charge on any atom is 0.178 e. The predicted molar refractivity (Wildman–Crippen MR) is 101 cm³/mol. The van der Waals surface area contributed by atoms with Crippen molar-refractivity contribution in [1.82, 2.24) is 4.90 Å². The summed E-state index contributed by atoms with van der Waals surface area (Å²) in [7, 11) is -3.37. The summed E-state index contributed by atoms with van der Waals surface area (Å²) < 4.78 is 49.0. The van der Waals surface area contributed by atoms with E-state index >= 15 is 0 Å². The summed E-state index contributed by atoms with van der Waals surface area (Å²) in [6, 6.07) is 6.30. The molecular formula is C19H27FN2O4S. The van der Waals surface area contributed by atoms with Crippen LogP contribution in [0, 0.1) is 5.41 Å². The van der Waals surface area contributed by atoms with Crippen LogP contribution in [0.3, 0.4) is 0 Å². The van der Waals surface area contributed by atoms with Gasteiger partial charge in [0, 0.05) is 31.8 Å². The molecule has 3 rings (SSSR count). The van der Waals surface area contributed by atoms with E-state index in [-0.39, 0.29) is 24.3 Å². The fraction of sp³-hybridized carbons (Fsp3) is 0.579. The van der Waals surface area contributed by atoms with E-state index in [0.29, 0.717) is 35.8 Å². The lowest BCUT2D eigenvalue weighted by Gasteiger charge is -2.30. The van der Waals surface area contributed by atoms with Gasteiger partial charge >= 0.3 is 0 Å². The average molecular weight is 399 g/mol. The molecule has 1 saturated carbocycles. The summed E-state index contributed by atoms with van der Waals surface area (Å²) in [5, 5.41) is 0. The van der Waals surface area contributed by atoms with E-state index in [1.807, 2.05) is 0 Å². The number of halogens is 1. The molecule has 0 amide bonds. The molecule has 2 fully saturated rings. The Morgan fingerprint density at radius 2 is 1.93 bits per heavy atom. The lowest BCUT2D eigenvalue weighted by Crippen LogP contribution is -2.41. The number of sulfone groups is 1. The van der Waals surface area contributed by atoms with Crippen LogP contribution in [0.4, 0.5) is 4.39 Å². The van der Waals surface area contributed by atoms with Crippen LogP contribution in [-0.4, -0.2) is 65.1 Å². The zero-order valence-corrected chi connectivity index (χ0v) is 16.2. The number of ether oxygens (including phenoxy) is 2. The SMILES string of the molecule is NC/C(=C\F)COc1ccc(S(=O)(=O)CC2(CN3CCOCC3)CC2)cc1. The molecule has 8 heteroatoms. The van der Waals surface area contributed by atoms with Gasteiger partial charge in [-0.1, -0.05) is 0 Å². The average Bonchev–Trinajstić information content (AvgIpc) is 3.41. The first-order valence-electron chi connectivity index (χ1n) is 9.20. The van der Waals surface area contributed by atoms with Crippen LogP contribution in [0.2, 0.25) is 0 Å². The maximum atomic E-state index is 12.8. The van der Waals surface area contributed by atoms with Crippen molar-refractivity contribution < 1.29 is 22.3 Å². The smallest absolute Gasteiger partial charge is 0.178 e. The Morgan fingerprint density at radius 3 is 2.48 bits per heavy atom. The minimum atomic E-state index is -3.37. The quantitative estimate of drug-likeness (QED) is 0.683. The largest absolute Gasteiger partial charge is 0.489 e. The van der Waals surface area contributed by atoms with Gasteiger partial charge in [-0.15, -0.1) is 0 Å². The Kier molecular flexibility index (Phi) is 6.52. The predicted octanol–water partition coefficient (Wildman–Crippen LogP) is 1.76. The molecule has 1 heterocycles. The van der Waals surface area contributed by atoms with Crippen molar-refractivity contribution in [3.63, 3.8) is 0 Å². The molecule has 1 aliphatic heterocycles. The van der Waals surface area contributed by atoms with Crippen LogP contribution in [0.1, 0.15) is 12.8 Å². The molecule has 27 heavy (non-hydrogen) atoms. The van der Waals surface area contributed by atoms with Crippen LogP contribution in [0.15, 0.2) is 41.1 Å². The lowest BCUT2D eigenvalue weighted by molar-refractivity contribution is 0.0301. The maximum absolute atomic E-state index is 12.8. The molecule has 1 aromatic rings. The van der Waals surface area contributed by atoms with Crippen LogP contribution >= 0.6 is 0 Å². The number of rotatable bonds is 9. The zero-order valence-electron chi connectivity index (χ0n) is 15.4. The number of morpholine rings is 1. The van der Waals surface area contributed by atoms with Crippen molar-refractivity contribution in [2.45, 2.75) is 17.7 Å². The van der Waals surface area contributed by atoms with Crippen LogP contribution in [-0.2, 0) is 14.6 Å².